The summed E-state index contributed by atoms with van der Waals surface area (Å²) in [5.41, 5.74) is 6.05. The van der Waals surface area contributed by atoms with Crippen molar-refractivity contribution in [2.75, 3.05) is 38.3 Å². The maximum Gasteiger partial charge on any atom is 0.267 e. The largest absolute Gasteiger partial charge is 0.370 e. The van der Waals surface area contributed by atoms with Gasteiger partial charge in [0.1, 0.15) is 23.8 Å². The first-order chi connectivity index (χ1) is 16.8. The van der Waals surface area contributed by atoms with Crippen LogP contribution in [0.15, 0.2) is 42.7 Å². The van der Waals surface area contributed by atoms with E-state index in [1.54, 1.807) is 30.1 Å². The number of halogens is 2. The van der Waals surface area contributed by atoms with Crippen molar-refractivity contribution < 1.29 is 23.1 Å². The van der Waals surface area contributed by atoms with Crippen LogP contribution >= 0.6 is 0 Å². The second-order valence-electron chi connectivity index (χ2n) is 8.51. The van der Waals surface area contributed by atoms with Crippen molar-refractivity contribution >= 4 is 28.7 Å². The number of ether oxygens (including phenoxy) is 1. The number of carbonyl (C=O) groups excluding carboxylic acids is 2. The van der Waals surface area contributed by atoms with E-state index in [4.69, 9.17) is 10.5 Å². The van der Waals surface area contributed by atoms with E-state index in [0.717, 1.165) is 18.2 Å². The van der Waals surface area contributed by atoms with Gasteiger partial charge in [-0.3, -0.25) is 9.59 Å². The Morgan fingerprint density at radius 3 is 2.63 bits per heavy atom. The van der Waals surface area contributed by atoms with Crippen LogP contribution in [0.1, 0.15) is 35.3 Å². The molecule has 4 rings (SSSR count). The maximum absolute atomic E-state index is 12.7. The van der Waals surface area contributed by atoms with Gasteiger partial charge in [0.2, 0.25) is 5.91 Å². The van der Waals surface area contributed by atoms with Gasteiger partial charge >= 0.3 is 0 Å². The number of amides is 2. The molecule has 3 aromatic heterocycles. The van der Waals surface area contributed by atoms with Gasteiger partial charge in [-0.25, -0.2) is 18.7 Å². The van der Waals surface area contributed by atoms with Crippen molar-refractivity contribution in [3.63, 3.8) is 0 Å². The minimum absolute atomic E-state index is 0.0352. The first kappa shape index (κ1) is 24.5. The van der Waals surface area contributed by atoms with Crippen molar-refractivity contribution in [3.8, 4) is 0 Å². The molecule has 1 aliphatic rings. The van der Waals surface area contributed by atoms with Crippen LogP contribution in [0.5, 0.6) is 0 Å². The van der Waals surface area contributed by atoms with Crippen LogP contribution in [0, 0.1) is 0 Å². The molecule has 0 aliphatic carbocycles. The zero-order chi connectivity index (χ0) is 24.9. The SMILES string of the molecule is CN(C(=O)COCCn1ccc2ccc(C(N)=O)nc21)C1CCN(c2ccc(C(F)F)cn2)CC1. The molecule has 0 saturated carbocycles. The summed E-state index contributed by atoms with van der Waals surface area (Å²) in [5, 5.41) is 0.886. The Hall–Kier alpha value is -3.60. The summed E-state index contributed by atoms with van der Waals surface area (Å²) in [6, 6.07) is 8.36. The molecule has 0 aromatic carbocycles. The van der Waals surface area contributed by atoms with E-state index in [0.29, 0.717) is 37.7 Å². The Balaban J connectivity index is 1.22. The van der Waals surface area contributed by atoms with E-state index in [2.05, 4.69) is 9.97 Å². The number of primary amides is 1. The van der Waals surface area contributed by atoms with Crippen molar-refractivity contribution in [1.82, 2.24) is 19.4 Å². The van der Waals surface area contributed by atoms with Crippen LogP contribution < -0.4 is 10.6 Å². The zero-order valence-corrected chi connectivity index (χ0v) is 19.4. The molecule has 1 fully saturated rings. The summed E-state index contributed by atoms with van der Waals surface area (Å²) in [6.45, 7) is 2.12. The number of carbonyl (C=O) groups is 2. The zero-order valence-electron chi connectivity index (χ0n) is 19.4. The molecule has 2 N–H and O–H groups in total. The van der Waals surface area contributed by atoms with E-state index in [9.17, 15) is 18.4 Å². The third-order valence-corrected chi connectivity index (χ3v) is 6.32. The number of anilines is 1. The van der Waals surface area contributed by atoms with E-state index in [1.807, 2.05) is 21.7 Å². The van der Waals surface area contributed by atoms with Crippen molar-refractivity contribution in [3.05, 3.63) is 54.0 Å². The number of likely N-dealkylation sites (N-methyl/N-ethyl adjacent to an activating group) is 1. The van der Waals surface area contributed by atoms with Gasteiger partial charge in [-0.15, -0.1) is 0 Å². The molecule has 0 bridgehead atoms. The molecule has 4 heterocycles. The molecule has 1 saturated heterocycles. The summed E-state index contributed by atoms with van der Waals surface area (Å²) >= 11 is 0. The topological polar surface area (TPSA) is 107 Å². The lowest BCUT2D eigenvalue weighted by Gasteiger charge is -2.37. The fourth-order valence-corrected chi connectivity index (χ4v) is 4.20. The summed E-state index contributed by atoms with van der Waals surface area (Å²) < 4.78 is 32.9. The Morgan fingerprint density at radius 1 is 1.20 bits per heavy atom. The Morgan fingerprint density at radius 2 is 1.97 bits per heavy atom. The monoisotopic (exact) mass is 486 g/mol. The van der Waals surface area contributed by atoms with Crippen LogP contribution in [-0.2, 0) is 16.1 Å². The number of alkyl halides is 2. The van der Waals surface area contributed by atoms with Crippen molar-refractivity contribution in [2.45, 2.75) is 31.9 Å². The maximum atomic E-state index is 12.7. The van der Waals surface area contributed by atoms with Gasteiger partial charge in [-0.1, -0.05) is 0 Å². The molecule has 9 nitrogen and oxygen atoms in total. The lowest BCUT2D eigenvalue weighted by molar-refractivity contribution is -0.137. The molecular weight excluding hydrogens is 458 g/mol. The van der Waals surface area contributed by atoms with Gasteiger partial charge < -0.3 is 24.8 Å². The van der Waals surface area contributed by atoms with Crippen molar-refractivity contribution in [2.24, 2.45) is 5.73 Å². The highest BCUT2D eigenvalue weighted by Gasteiger charge is 2.26. The van der Waals surface area contributed by atoms with Gasteiger partial charge in [0.25, 0.3) is 12.3 Å². The second kappa shape index (κ2) is 10.8. The van der Waals surface area contributed by atoms with E-state index < -0.39 is 12.3 Å². The Bertz CT molecular complexity index is 1180. The molecule has 0 atom stereocenters. The lowest BCUT2D eigenvalue weighted by Crippen LogP contribution is -2.46. The summed E-state index contributed by atoms with van der Waals surface area (Å²) in [4.78, 5) is 36.2. The summed E-state index contributed by atoms with van der Waals surface area (Å²) in [7, 11) is 1.77. The number of hydrogen-bond donors (Lipinski definition) is 1. The first-order valence-corrected chi connectivity index (χ1v) is 11.4. The fourth-order valence-electron chi connectivity index (χ4n) is 4.20. The van der Waals surface area contributed by atoms with E-state index in [-0.39, 0.29) is 29.8 Å². The van der Waals surface area contributed by atoms with Gasteiger partial charge in [0.05, 0.1) is 6.61 Å². The number of hydrogen-bond acceptors (Lipinski definition) is 6. The highest BCUT2D eigenvalue weighted by Crippen LogP contribution is 2.23. The number of nitrogens with zero attached hydrogens (tertiary/aromatic N) is 5. The number of fused-ring (bicyclic) bond motifs is 1. The second-order valence-corrected chi connectivity index (χ2v) is 8.51. The van der Waals surface area contributed by atoms with Crippen LogP contribution in [-0.4, -0.2) is 70.6 Å². The predicted octanol–water partition coefficient (Wildman–Crippen LogP) is 2.61. The lowest BCUT2D eigenvalue weighted by atomic mass is 10.0. The van der Waals surface area contributed by atoms with Gasteiger partial charge in [-0.2, -0.15) is 0 Å². The molecule has 35 heavy (non-hydrogen) atoms. The smallest absolute Gasteiger partial charge is 0.267 e. The minimum Gasteiger partial charge on any atom is -0.370 e. The fraction of sp³-hybridized carbons (Fsp3) is 0.417. The molecule has 11 heteroatoms. The number of nitrogens with two attached hydrogens (primary N) is 1. The third-order valence-electron chi connectivity index (χ3n) is 6.32. The minimum atomic E-state index is -2.53. The molecule has 0 radical (unpaired) electrons. The molecule has 1 aliphatic heterocycles. The Kier molecular flexibility index (Phi) is 7.54. The number of aromatic nitrogens is 3. The molecule has 2 amide bonds. The summed E-state index contributed by atoms with van der Waals surface area (Å²) in [5.74, 6) is -0.0224. The third kappa shape index (κ3) is 5.73. The first-order valence-electron chi connectivity index (χ1n) is 11.4. The van der Waals surface area contributed by atoms with Gasteiger partial charge in [-0.05, 0) is 43.2 Å². The van der Waals surface area contributed by atoms with Gasteiger partial charge in [0.15, 0.2) is 0 Å². The quantitative estimate of drug-likeness (QED) is 0.466. The number of piperidine rings is 1. The van der Waals surface area contributed by atoms with Crippen LogP contribution in [0.4, 0.5) is 14.6 Å². The molecule has 0 spiro atoms. The molecule has 0 unspecified atom stereocenters. The van der Waals surface area contributed by atoms with Crippen LogP contribution in [0.3, 0.4) is 0 Å². The number of pyridine rings is 2. The highest BCUT2D eigenvalue weighted by molar-refractivity contribution is 5.93. The molecular formula is C24H28F2N6O3. The van der Waals surface area contributed by atoms with E-state index >= 15 is 0 Å². The average Bonchev–Trinajstić information content (AvgIpc) is 3.28. The summed E-state index contributed by atoms with van der Waals surface area (Å²) in [6.07, 6.45) is 2.04. The standard InChI is InChI=1S/C24H28F2N6O3/c1-30(18-7-10-31(11-8-18)20-5-3-17(14-28-20)22(25)26)21(33)15-35-13-12-32-9-6-16-2-4-19(23(27)34)29-24(16)32/h2-6,9,14,18,22H,7-8,10-13,15H2,1H3,(H2,27,34). The number of rotatable bonds is 9. The van der Waals surface area contributed by atoms with E-state index in [1.165, 1.54) is 12.3 Å². The predicted molar refractivity (Wildman–Crippen MR) is 126 cm³/mol. The highest BCUT2D eigenvalue weighted by atomic mass is 19.3. The normalized spacial score (nSPS) is 14.6. The molecule has 186 valence electrons. The van der Waals surface area contributed by atoms with Crippen molar-refractivity contribution in [1.29, 1.82) is 0 Å². The van der Waals surface area contributed by atoms with Gasteiger partial charge in [0, 0.05) is 56.1 Å². The van der Waals surface area contributed by atoms with Crippen LogP contribution in [0.25, 0.3) is 11.0 Å². The van der Waals surface area contributed by atoms with Crippen LogP contribution in [0.2, 0.25) is 0 Å². The molecule has 3 aromatic rings. The Labute approximate surface area is 201 Å². The average molecular weight is 487 g/mol.